The van der Waals surface area contributed by atoms with Crippen LogP contribution in [0.2, 0.25) is 0 Å². The first kappa shape index (κ1) is 14.3. The van der Waals surface area contributed by atoms with Crippen LogP contribution in [0.1, 0.15) is 13.8 Å². The average molecular weight is 301 g/mol. The highest BCUT2D eigenvalue weighted by molar-refractivity contribution is 8.02. The fraction of sp³-hybridized carbons (Fsp3) is 0.455. The van der Waals surface area contributed by atoms with Crippen molar-refractivity contribution in [3.63, 3.8) is 0 Å². The standard InChI is InChI=1S/C11H15N3O3S2/c1-11(2)9(10(12)15)14(7-18-11)19(16,17)8-4-3-5-13-6-8/h3-6,9H,7H2,1-2H3,(H2,12,15)/t9-/m1/s1. The van der Waals surface area contributed by atoms with Gasteiger partial charge in [-0.2, -0.15) is 4.31 Å². The molecule has 2 rings (SSSR count). The van der Waals surface area contributed by atoms with Crippen LogP contribution in [0, 0.1) is 0 Å². The third-order valence-corrected chi connectivity index (χ3v) is 6.35. The molecule has 1 aliphatic heterocycles. The van der Waals surface area contributed by atoms with Gasteiger partial charge in [-0.15, -0.1) is 11.8 Å². The quantitative estimate of drug-likeness (QED) is 0.872. The first-order chi connectivity index (χ1) is 8.77. The SMILES string of the molecule is CC1(C)SCN(S(=O)(=O)c2cccnc2)[C@@H]1C(N)=O. The maximum absolute atomic E-state index is 12.5. The Morgan fingerprint density at radius 3 is 2.79 bits per heavy atom. The summed E-state index contributed by atoms with van der Waals surface area (Å²) in [4.78, 5) is 15.5. The van der Waals surface area contributed by atoms with E-state index in [-0.39, 0.29) is 10.8 Å². The van der Waals surface area contributed by atoms with Gasteiger partial charge in [-0.3, -0.25) is 9.78 Å². The van der Waals surface area contributed by atoms with Crippen molar-refractivity contribution in [3.8, 4) is 0 Å². The lowest BCUT2D eigenvalue weighted by Gasteiger charge is -2.27. The highest BCUT2D eigenvalue weighted by atomic mass is 32.2. The fourth-order valence-corrected chi connectivity index (χ4v) is 5.21. The van der Waals surface area contributed by atoms with Crippen LogP contribution in [0.3, 0.4) is 0 Å². The molecule has 1 aromatic rings. The van der Waals surface area contributed by atoms with Crippen molar-refractivity contribution in [2.45, 2.75) is 29.5 Å². The number of carbonyl (C=O) groups is 1. The van der Waals surface area contributed by atoms with Crippen molar-refractivity contribution in [1.29, 1.82) is 0 Å². The van der Waals surface area contributed by atoms with E-state index in [1.165, 1.54) is 30.2 Å². The Balaban J connectivity index is 2.45. The Hall–Kier alpha value is -1.12. The normalized spacial score (nSPS) is 23.4. The number of hydrogen-bond donors (Lipinski definition) is 1. The predicted molar refractivity (Wildman–Crippen MR) is 72.8 cm³/mol. The molecule has 1 saturated heterocycles. The number of nitrogens with zero attached hydrogens (tertiary/aromatic N) is 2. The maximum Gasteiger partial charge on any atom is 0.246 e. The molecule has 0 bridgehead atoms. The van der Waals surface area contributed by atoms with Gasteiger partial charge in [0.05, 0.1) is 5.88 Å². The summed E-state index contributed by atoms with van der Waals surface area (Å²) in [7, 11) is -3.75. The average Bonchev–Trinajstić information content (AvgIpc) is 2.66. The number of carbonyl (C=O) groups excluding carboxylic acids is 1. The van der Waals surface area contributed by atoms with Crippen LogP contribution in [0.15, 0.2) is 29.4 Å². The number of amides is 1. The van der Waals surface area contributed by atoms with Crippen LogP contribution < -0.4 is 5.73 Å². The molecule has 8 heteroatoms. The van der Waals surface area contributed by atoms with E-state index in [4.69, 9.17) is 5.73 Å². The molecule has 0 aromatic carbocycles. The summed E-state index contributed by atoms with van der Waals surface area (Å²) >= 11 is 1.39. The van der Waals surface area contributed by atoms with Gasteiger partial charge in [-0.05, 0) is 26.0 Å². The lowest BCUT2D eigenvalue weighted by atomic mass is 10.0. The maximum atomic E-state index is 12.5. The van der Waals surface area contributed by atoms with Crippen molar-refractivity contribution in [2.24, 2.45) is 5.73 Å². The molecule has 1 fully saturated rings. The summed E-state index contributed by atoms with van der Waals surface area (Å²) < 4.78 is 25.6. The van der Waals surface area contributed by atoms with Crippen LogP contribution in [-0.4, -0.2) is 40.3 Å². The topological polar surface area (TPSA) is 93.4 Å². The molecule has 1 amide bonds. The van der Waals surface area contributed by atoms with Crippen molar-refractivity contribution in [2.75, 3.05) is 5.88 Å². The van der Waals surface area contributed by atoms with E-state index in [9.17, 15) is 13.2 Å². The zero-order valence-electron chi connectivity index (χ0n) is 10.6. The summed E-state index contributed by atoms with van der Waals surface area (Å²) in [6.45, 7) is 3.62. The van der Waals surface area contributed by atoms with E-state index in [0.717, 1.165) is 4.31 Å². The van der Waals surface area contributed by atoms with Crippen molar-refractivity contribution in [1.82, 2.24) is 9.29 Å². The van der Waals surface area contributed by atoms with Gasteiger partial charge in [0, 0.05) is 17.1 Å². The molecule has 19 heavy (non-hydrogen) atoms. The van der Waals surface area contributed by atoms with Gasteiger partial charge in [-0.25, -0.2) is 8.42 Å². The second kappa shape index (κ2) is 4.77. The number of aromatic nitrogens is 1. The molecule has 0 unspecified atom stereocenters. The summed E-state index contributed by atoms with van der Waals surface area (Å²) in [5.41, 5.74) is 5.36. The number of nitrogens with two attached hydrogens (primary N) is 1. The Kier molecular flexibility index (Phi) is 3.59. The lowest BCUT2D eigenvalue weighted by Crippen LogP contribution is -2.51. The van der Waals surface area contributed by atoms with E-state index < -0.39 is 26.7 Å². The van der Waals surface area contributed by atoms with E-state index >= 15 is 0 Å². The van der Waals surface area contributed by atoms with Crippen molar-refractivity contribution >= 4 is 27.7 Å². The Labute approximate surface area is 116 Å². The largest absolute Gasteiger partial charge is 0.368 e. The zero-order chi connectivity index (χ0) is 14.3. The van der Waals surface area contributed by atoms with Crippen LogP contribution in [0.5, 0.6) is 0 Å². The third-order valence-electron chi connectivity index (χ3n) is 3.02. The van der Waals surface area contributed by atoms with E-state index in [1.54, 1.807) is 6.07 Å². The highest BCUT2D eigenvalue weighted by Gasteiger charge is 2.50. The molecule has 2 N–H and O–H groups in total. The number of primary amides is 1. The molecular formula is C11H15N3O3S2. The lowest BCUT2D eigenvalue weighted by molar-refractivity contribution is -0.121. The Morgan fingerprint density at radius 1 is 1.58 bits per heavy atom. The summed E-state index contributed by atoms with van der Waals surface area (Å²) in [5, 5.41) is 0. The van der Waals surface area contributed by atoms with Gasteiger partial charge >= 0.3 is 0 Å². The van der Waals surface area contributed by atoms with Crippen LogP contribution >= 0.6 is 11.8 Å². The van der Waals surface area contributed by atoms with Crippen molar-refractivity contribution in [3.05, 3.63) is 24.5 Å². The van der Waals surface area contributed by atoms with Crippen LogP contribution in [-0.2, 0) is 14.8 Å². The Morgan fingerprint density at radius 2 is 2.26 bits per heavy atom. The predicted octanol–water partition coefficient (Wildman–Crippen LogP) is 0.409. The van der Waals surface area contributed by atoms with E-state index in [2.05, 4.69) is 4.98 Å². The minimum Gasteiger partial charge on any atom is -0.368 e. The van der Waals surface area contributed by atoms with E-state index in [0.29, 0.717) is 0 Å². The molecule has 6 nitrogen and oxygen atoms in total. The Bertz CT molecular complexity index is 586. The third kappa shape index (κ3) is 2.47. The second-order valence-electron chi connectivity index (χ2n) is 4.76. The van der Waals surface area contributed by atoms with Gasteiger partial charge in [0.25, 0.3) is 0 Å². The molecule has 2 heterocycles. The number of thioether (sulfide) groups is 1. The molecule has 1 atom stereocenters. The van der Waals surface area contributed by atoms with Crippen LogP contribution in [0.25, 0.3) is 0 Å². The number of rotatable bonds is 3. The fourth-order valence-electron chi connectivity index (χ4n) is 2.06. The van der Waals surface area contributed by atoms with E-state index in [1.807, 2.05) is 13.8 Å². The second-order valence-corrected chi connectivity index (χ2v) is 8.25. The van der Waals surface area contributed by atoms with Gasteiger partial charge in [0.1, 0.15) is 10.9 Å². The molecule has 0 spiro atoms. The monoisotopic (exact) mass is 301 g/mol. The molecule has 0 aliphatic carbocycles. The number of hydrogen-bond acceptors (Lipinski definition) is 5. The zero-order valence-corrected chi connectivity index (χ0v) is 12.2. The number of sulfonamides is 1. The van der Waals surface area contributed by atoms with Gasteiger partial charge < -0.3 is 5.73 Å². The van der Waals surface area contributed by atoms with Crippen molar-refractivity contribution < 1.29 is 13.2 Å². The molecule has 0 radical (unpaired) electrons. The summed E-state index contributed by atoms with van der Waals surface area (Å²) in [5.74, 6) is -0.430. The molecule has 1 aromatic heterocycles. The molecule has 104 valence electrons. The van der Waals surface area contributed by atoms with Crippen LogP contribution in [0.4, 0.5) is 0 Å². The molecular weight excluding hydrogens is 286 g/mol. The molecule has 0 saturated carbocycles. The first-order valence-corrected chi connectivity index (χ1v) is 8.04. The number of pyridine rings is 1. The summed E-state index contributed by atoms with van der Waals surface area (Å²) in [6.07, 6.45) is 2.76. The smallest absolute Gasteiger partial charge is 0.246 e. The molecule has 1 aliphatic rings. The van der Waals surface area contributed by atoms with Gasteiger partial charge in [-0.1, -0.05) is 0 Å². The summed E-state index contributed by atoms with van der Waals surface area (Å²) in [6, 6.07) is 2.14. The van der Waals surface area contributed by atoms with Gasteiger partial charge in [0.15, 0.2) is 0 Å². The highest BCUT2D eigenvalue weighted by Crippen LogP contribution is 2.41. The minimum absolute atomic E-state index is 0.0690. The first-order valence-electron chi connectivity index (χ1n) is 5.62. The minimum atomic E-state index is -3.75. The van der Waals surface area contributed by atoms with Gasteiger partial charge in [0.2, 0.25) is 15.9 Å².